The zero-order valence-corrected chi connectivity index (χ0v) is 16.1. The molecule has 0 radical (unpaired) electrons. The highest BCUT2D eigenvalue weighted by molar-refractivity contribution is 5.85. The van der Waals surface area contributed by atoms with Crippen LogP contribution in [0.1, 0.15) is 48.3 Å². The first-order chi connectivity index (χ1) is 12.1. The van der Waals surface area contributed by atoms with Crippen molar-refractivity contribution in [2.45, 2.75) is 38.0 Å². The minimum Gasteiger partial charge on any atom is -0.497 e. The highest BCUT2D eigenvalue weighted by Gasteiger charge is 2.28. The van der Waals surface area contributed by atoms with Gasteiger partial charge in [0.25, 0.3) is 0 Å². The third kappa shape index (κ3) is 4.70. The molecular weight excluding hydrogens is 348 g/mol. The monoisotopic (exact) mass is 374 g/mol. The predicted octanol–water partition coefficient (Wildman–Crippen LogP) is 4.04. The fourth-order valence-electron chi connectivity index (χ4n) is 3.80. The molecule has 4 nitrogen and oxygen atoms in total. The van der Waals surface area contributed by atoms with Gasteiger partial charge in [-0.05, 0) is 72.1 Å². The van der Waals surface area contributed by atoms with Crippen LogP contribution in [0.2, 0.25) is 0 Å². The molecule has 0 bridgehead atoms. The van der Waals surface area contributed by atoms with Crippen molar-refractivity contribution < 1.29 is 9.53 Å². The van der Waals surface area contributed by atoms with E-state index in [-0.39, 0.29) is 18.3 Å². The maximum Gasteiger partial charge on any atom is 0.216 e. The van der Waals surface area contributed by atoms with Gasteiger partial charge in [0.05, 0.1) is 7.11 Å². The summed E-state index contributed by atoms with van der Waals surface area (Å²) in [5, 5.41) is 2.93. The van der Waals surface area contributed by atoms with Crippen LogP contribution in [0.3, 0.4) is 0 Å². The van der Waals surface area contributed by atoms with Gasteiger partial charge in [-0.3, -0.25) is 4.79 Å². The first-order valence-corrected chi connectivity index (χ1v) is 8.83. The molecule has 0 aromatic heterocycles. The number of nitrogen functional groups attached to an aromatic ring is 1. The normalized spacial score (nSPS) is 18.4. The molecule has 0 saturated carbocycles. The molecule has 0 spiro atoms. The molecule has 0 saturated heterocycles. The summed E-state index contributed by atoms with van der Waals surface area (Å²) in [6.07, 6.45) is 3.04. The Kier molecular flexibility index (Phi) is 6.92. The Balaban J connectivity index is 0.00000243. The molecule has 26 heavy (non-hydrogen) atoms. The largest absolute Gasteiger partial charge is 0.497 e. The van der Waals surface area contributed by atoms with Gasteiger partial charge in [0, 0.05) is 19.2 Å². The molecule has 0 aliphatic heterocycles. The Morgan fingerprint density at radius 1 is 1.23 bits per heavy atom. The summed E-state index contributed by atoms with van der Waals surface area (Å²) >= 11 is 0. The summed E-state index contributed by atoms with van der Waals surface area (Å²) in [4.78, 5) is 11.2. The van der Waals surface area contributed by atoms with Crippen LogP contribution in [0.5, 0.6) is 5.75 Å². The molecule has 1 aliphatic carbocycles. The lowest BCUT2D eigenvalue weighted by Gasteiger charge is -2.32. The zero-order valence-electron chi connectivity index (χ0n) is 15.3. The van der Waals surface area contributed by atoms with E-state index >= 15 is 0 Å². The molecule has 2 atom stereocenters. The van der Waals surface area contributed by atoms with Crippen molar-refractivity contribution in [1.82, 2.24) is 5.32 Å². The van der Waals surface area contributed by atoms with Crippen LogP contribution in [0, 0.1) is 0 Å². The van der Waals surface area contributed by atoms with Crippen molar-refractivity contribution in [3.05, 3.63) is 59.2 Å². The molecule has 2 aromatic carbocycles. The Morgan fingerprint density at radius 2 is 1.96 bits per heavy atom. The first kappa shape index (κ1) is 20.1. The molecule has 140 valence electrons. The molecule has 3 N–H and O–H groups in total. The number of hydrogen-bond donors (Lipinski definition) is 2. The van der Waals surface area contributed by atoms with Crippen LogP contribution in [0.15, 0.2) is 42.5 Å². The van der Waals surface area contributed by atoms with E-state index < -0.39 is 0 Å². The van der Waals surface area contributed by atoms with E-state index in [0.29, 0.717) is 18.4 Å². The SMILES string of the molecule is COc1ccc2c(c1)C(CCNC(C)=O)CC(c1ccc(N)cc1)C2.Cl. The molecule has 2 unspecified atom stereocenters. The van der Waals surface area contributed by atoms with E-state index in [4.69, 9.17) is 10.5 Å². The predicted molar refractivity (Wildman–Crippen MR) is 108 cm³/mol. The van der Waals surface area contributed by atoms with Crippen LogP contribution in [0.25, 0.3) is 0 Å². The number of amides is 1. The van der Waals surface area contributed by atoms with Crippen molar-refractivity contribution in [2.24, 2.45) is 0 Å². The van der Waals surface area contributed by atoms with E-state index in [0.717, 1.165) is 30.7 Å². The molecular formula is C21H27ClN2O2. The minimum atomic E-state index is 0. The summed E-state index contributed by atoms with van der Waals surface area (Å²) in [5.74, 6) is 1.81. The van der Waals surface area contributed by atoms with Crippen LogP contribution in [0.4, 0.5) is 5.69 Å². The maximum atomic E-state index is 11.2. The standard InChI is InChI=1S/C21H26N2O2.ClH/c1-14(24)23-10-9-17-12-18(15-3-6-19(22)7-4-15)11-16-5-8-20(25-2)13-21(16)17;/h3-8,13,17-18H,9-12,22H2,1-2H3,(H,23,24);1H. The average molecular weight is 375 g/mol. The summed E-state index contributed by atoms with van der Waals surface area (Å²) in [7, 11) is 1.70. The van der Waals surface area contributed by atoms with Gasteiger partial charge < -0.3 is 15.8 Å². The van der Waals surface area contributed by atoms with Gasteiger partial charge in [-0.2, -0.15) is 0 Å². The molecule has 2 aromatic rings. The number of methoxy groups -OCH3 is 1. The lowest BCUT2D eigenvalue weighted by molar-refractivity contribution is -0.118. The zero-order chi connectivity index (χ0) is 17.8. The van der Waals surface area contributed by atoms with Crippen LogP contribution >= 0.6 is 12.4 Å². The summed E-state index contributed by atoms with van der Waals surface area (Å²) in [6.45, 7) is 2.26. The van der Waals surface area contributed by atoms with E-state index in [9.17, 15) is 4.79 Å². The highest BCUT2D eigenvalue weighted by Crippen LogP contribution is 2.42. The lowest BCUT2D eigenvalue weighted by atomic mass is 9.73. The first-order valence-electron chi connectivity index (χ1n) is 8.83. The number of hydrogen-bond acceptors (Lipinski definition) is 3. The van der Waals surface area contributed by atoms with E-state index in [1.807, 2.05) is 18.2 Å². The molecule has 5 heteroatoms. The van der Waals surface area contributed by atoms with Crippen molar-refractivity contribution in [1.29, 1.82) is 0 Å². The number of nitrogens with one attached hydrogen (secondary N) is 1. The highest BCUT2D eigenvalue weighted by atomic mass is 35.5. The van der Waals surface area contributed by atoms with Crippen molar-refractivity contribution in [3.63, 3.8) is 0 Å². The Hall–Kier alpha value is -2.20. The molecule has 1 aliphatic rings. The third-order valence-corrected chi connectivity index (χ3v) is 5.10. The van der Waals surface area contributed by atoms with Gasteiger partial charge in [-0.15, -0.1) is 12.4 Å². The number of rotatable bonds is 5. The number of benzene rings is 2. The molecule has 3 rings (SSSR count). The number of ether oxygens (including phenoxy) is 1. The van der Waals surface area contributed by atoms with Gasteiger partial charge in [0.15, 0.2) is 0 Å². The summed E-state index contributed by atoms with van der Waals surface area (Å²) in [5.41, 5.74) is 10.7. The van der Waals surface area contributed by atoms with Gasteiger partial charge in [-0.25, -0.2) is 0 Å². The number of anilines is 1. The number of fused-ring (bicyclic) bond motifs is 1. The fourth-order valence-corrected chi connectivity index (χ4v) is 3.80. The number of carbonyl (C=O) groups is 1. The average Bonchev–Trinajstić information content (AvgIpc) is 2.61. The van der Waals surface area contributed by atoms with Gasteiger partial charge in [-0.1, -0.05) is 18.2 Å². The second kappa shape index (κ2) is 8.95. The summed E-state index contributed by atoms with van der Waals surface area (Å²) in [6, 6.07) is 14.6. The van der Waals surface area contributed by atoms with Crippen molar-refractivity contribution in [3.8, 4) is 5.75 Å². The van der Waals surface area contributed by atoms with Crippen LogP contribution in [-0.2, 0) is 11.2 Å². The van der Waals surface area contributed by atoms with Gasteiger partial charge in [0.2, 0.25) is 5.91 Å². The number of nitrogens with two attached hydrogens (primary N) is 1. The Morgan fingerprint density at radius 3 is 2.62 bits per heavy atom. The molecule has 0 heterocycles. The smallest absolute Gasteiger partial charge is 0.216 e. The molecule has 1 amide bonds. The van der Waals surface area contributed by atoms with Crippen LogP contribution < -0.4 is 15.8 Å². The summed E-state index contributed by atoms with van der Waals surface area (Å²) < 4.78 is 5.41. The minimum absolute atomic E-state index is 0. The topological polar surface area (TPSA) is 64.3 Å². The third-order valence-electron chi connectivity index (χ3n) is 5.10. The second-order valence-corrected chi connectivity index (χ2v) is 6.84. The van der Waals surface area contributed by atoms with E-state index in [1.54, 1.807) is 14.0 Å². The maximum absolute atomic E-state index is 11.2. The quantitative estimate of drug-likeness (QED) is 0.776. The Bertz CT molecular complexity index is 746. The van der Waals surface area contributed by atoms with E-state index in [1.165, 1.54) is 16.7 Å². The fraction of sp³-hybridized carbons (Fsp3) is 0.381. The van der Waals surface area contributed by atoms with E-state index in [2.05, 4.69) is 29.6 Å². The van der Waals surface area contributed by atoms with Crippen molar-refractivity contribution >= 4 is 24.0 Å². The van der Waals surface area contributed by atoms with Crippen LogP contribution in [-0.4, -0.2) is 19.6 Å². The second-order valence-electron chi connectivity index (χ2n) is 6.84. The number of halogens is 1. The molecule has 0 fully saturated rings. The Labute approximate surface area is 161 Å². The number of carbonyl (C=O) groups excluding carboxylic acids is 1. The lowest BCUT2D eigenvalue weighted by Crippen LogP contribution is -2.25. The van der Waals surface area contributed by atoms with Gasteiger partial charge in [0.1, 0.15) is 5.75 Å². The van der Waals surface area contributed by atoms with Gasteiger partial charge >= 0.3 is 0 Å². The van der Waals surface area contributed by atoms with Crippen molar-refractivity contribution in [2.75, 3.05) is 19.4 Å².